The Bertz CT molecular complexity index is 308. The summed E-state index contributed by atoms with van der Waals surface area (Å²) in [5, 5.41) is 5.62. The van der Waals surface area contributed by atoms with E-state index in [0.29, 0.717) is 11.2 Å². The van der Waals surface area contributed by atoms with Crippen molar-refractivity contribution in [3.05, 3.63) is 0 Å². The Balaban J connectivity index is 2.42. The molecule has 0 aliphatic heterocycles. The van der Waals surface area contributed by atoms with E-state index in [0.717, 1.165) is 25.7 Å². The van der Waals surface area contributed by atoms with E-state index in [1.165, 1.54) is 6.92 Å². The van der Waals surface area contributed by atoms with Gasteiger partial charge in [-0.25, -0.2) is 0 Å². The van der Waals surface area contributed by atoms with Crippen LogP contribution in [0.2, 0.25) is 0 Å². The fourth-order valence-electron chi connectivity index (χ4n) is 2.28. The van der Waals surface area contributed by atoms with E-state index in [2.05, 4.69) is 37.1 Å². The topological polar surface area (TPSA) is 58.2 Å². The molecule has 0 radical (unpaired) electrons. The Morgan fingerprint density at radius 1 is 1.33 bits per heavy atom. The van der Waals surface area contributed by atoms with E-state index in [-0.39, 0.29) is 17.9 Å². The van der Waals surface area contributed by atoms with Crippen molar-refractivity contribution in [3.8, 4) is 0 Å². The molecule has 0 saturated heterocycles. The molecular formula is C13H24N2O2S. The van der Waals surface area contributed by atoms with Crippen molar-refractivity contribution in [2.45, 2.75) is 58.5 Å². The molecule has 0 aromatic carbocycles. The molecule has 104 valence electrons. The molecule has 1 fully saturated rings. The largest absolute Gasteiger partial charge is 0.352 e. The van der Waals surface area contributed by atoms with Crippen LogP contribution in [0.3, 0.4) is 0 Å². The van der Waals surface area contributed by atoms with Gasteiger partial charge in [0.25, 0.3) is 0 Å². The molecule has 1 rings (SSSR count). The SMILES string of the molecule is CC(=O)NC(CS)C(=O)NC1CCC(C)(C)CC1. The minimum atomic E-state index is -0.527. The maximum atomic E-state index is 12.0. The highest BCUT2D eigenvalue weighted by Gasteiger charge is 2.29. The van der Waals surface area contributed by atoms with Crippen LogP contribution in [-0.2, 0) is 9.59 Å². The summed E-state index contributed by atoms with van der Waals surface area (Å²) in [7, 11) is 0. The van der Waals surface area contributed by atoms with Crippen LogP contribution in [-0.4, -0.2) is 29.7 Å². The first kappa shape index (κ1) is 15.3. The Labute approximate surface area is 115 Å². The van der Waals surface area contributed by atoms with Crippen molar-refractivity contribution in [3.63, 3.8) is 0 Å². The predicted octanol–water partition coefficient (Wildman–Crippen LogP) is 1.51. The van der Waals surface area contributed by atoms with Crippen LogP contribution in [0.1, 0.15) is 46.5 Å². The van der Waals surface area contributed by atoms with Gasteiger partial charge in [0.15, 0.2) is 0 Å². The molecule has 1 aliphatic rings. The van der Waals surface area contributed by atoms with Gasteiger partial charge >= 0.3 is 0 Å². The highest BCUT2D eigenvalue weighted by atomic mass is 32.1. The van der Waals surface area contributed by atoms with Gasteiger partial charge in [0, 0.05) is 18.7 Å². The smallest absolute Gasteiger partial charge is 0.243 e. The van der Waals surface area contributed by atoms with Crippen LogP contribution >= 0.6 is 12.6 Å². The quantitative estimate of drug-likeness (QED) is 0.679. The monoisotopic (exact) mass is 272 g/mol. The highest BCUT2D eigenvalue weighted by molar-refractivity contribution is 7.80. The maximum Gasteiger partial charge on any atom is 0.243 e. The predicted molar refractivity (Wildman–Crippen MR) is 75.6 cm³/mol. The lowest BCUT2D eigenvalue weighted by atomic mass is 9.75. The molecule has 0 spiro atoms. The van der Waals surface area contributed by atoms with Gasteiger partial charge in [0.05, 0.1) is 0 Å². The summed E-state index contributed by atoms with van der Waals surface area (Å²) in [6.07, 6.45) is 4.28. The molecule has 1 unspecified atom stereocenters. The summed E-state index contributed by atoms with van der Waals surface area (Å²) >= 11 is 4.10. The van der Waals surface area contributed by atoms with Crippen molar-refractivity contribution < 1.29 is 9.59 Å². The Kier molecular flexibility index (Phi) is 5.50. The number of carbonyl (C=O) groups excluding carboxylic acids is 2. The summed E-state index contributed by atoms with van der Waals surface area (Å²) in [6, 6.07) is -0.289. The number of thiol groups is 1. The first-order valence-electron chi connectivity index (χ1n) is 6.52. The van der Waals surface area contributed by atoms with Gasteiger partial charge < -0.3 is 10.6 Å². The molecule has 0 bridgehead atoms. The second-order valence-corrected chi connectivity index (χ2v) is 6.25. The highest BCUT2D eigenvalue weighted by Crippen LogP contribution is 2.34. The summed E-state index contributed by atoms with van der Waals surface area (Å²) in [5.41, 5.74) is 0.391. The molecule has 4 nitrogen and oxygen atoms in total. The van der Waals surface area contributed by atoms with Crippen molar-refractivity contribution >= 4 is 24.4 Å². The van der Waals surface area contributed by atoms with Gasteiger partial charge in [-0.15, -0.1) is 0 Å². The van der Waals surface area contributed by atoms with Gasteiger partial charge in [-0.2, -0.15) is 12.6 Å². The van der Waals surface area contributed by atoms with E-state index in [1.54, 1.807) is 0 Å². The molecule has 0 aromatic rings. The van der Waals surface area contributed by atoms with Gasteiger partial charge in [-0.1, -0.05) is 13.8 Å². The van der Waals surface area contributed by atoms with Crippen LogP contribution < -0.4 is 10.6 Å². The molecule has 1 atom stereocenters. The van der Waals surface area contributed by atoms with Crippen LogP contribution in [0.15, 0.2) is 0 Å². The van der Waals surface area contributed by atoms with Crippen LogP contribution in [0, 0.1) is 5.41 Å². The number of hydrogen-bond acceptors (Lipinski definition) is 3. The van der Waals surface area contributed by atoms with Gasteiger partial charge in [-0.3, -0.25) is 9.59 Å². The molecule has 1 saturated carbocycles. The van der Waals surface area contributed by atoms with E-state index < -0.39 is 6.04 Å². The lowest BCUT2D eigenvalue weighted by Gasteiger charge is -2.35. The molecule has 0 heterocycles. The van der Waals surface area contributed by atoms with Crippen LogP contribution in [0.4, 0.5) is 0 Å². The van der Waals surface area contributed by atoms with Crippen molar-refractivity contribution in [1.29, 1.82) is 0 Å². The summed E-state index contributed by atoms with van der Waals surface area (Å²) < 4.78 is 0. The van der Waals surface area contributed by atoms with E-state index in [4.69, 9.17) is 0 Å². The molecule has 0 aromatic heterocycles. The van der Waals surface area contributed by atoms with Crippen molar-refractivity contribution in [1.82, 2.24) is 10.6 Å². The van der Waals surface area contributed by atoms with E-state index in [9.17, 15) is 9.59 Å². The molecule has 5 heteroatoms. The van der Waals surface area contributed by atoms with Crippen molar-refractivity contribution in [2.24, 2.45) is 5.41 Å². The second kappa shape index (κ2) is 6.45. The average molecular weight is 272 g/mol. The fraction of sp³-hybridized carbons (Fsp3) is 0.846. The zero-order valence-electron chi connectivity index (χ0n) is 11.5. The first-order chi connectivity index (χ1) is 8.34. The summed E-state index contributed by atoms with van der Waals surface area (Å²) in [4.78, 5) is 22.9. The average Bonchev–Trinajstić information content (AvgIpc) is 2.28. The number of hydrogen-bond donors (Lipinski definition) is 3. The normalized spacial score (nSPS) is 21.1. The Hall–Kier alpha value is -0.710. The molecule has 2 N–H and O–H groups in total. The first-order valence-corrected chi connectivity index (χ1v) is 7.15. The zero-order valence-corrected chi connectivity index (χ0v) is 12.3. The minimum Gasteiger partial charge on any atom is -0.352 e. The third-order valence-electron chi connectivity index (χ3n) is 3.56. The Morgan fingerprint density at radius 3 is 2.33 bits per heavy atom. The van der Waals surface area contributed by atoms with Gasteiger partial charge in [-0.05, 0) is 31.1 Å². The number of rotatable bonds is 4. The lowest BCUT2D eigenvalue weighted by Crippen LogP contribution is -2.51. The van der Waals surface area contributed by atoms with E-state index >= 15 is 0 Å². The molecule has 18 heavy (non-hydrogen) atoms. The Morgan fingerprint density at radius 2 is 1.89 bits per heavy atom. The van der Waals surface area contributed by atoms with Crippen LogP contribution in [0.5, 0.6) is 0 Å². The molecular weight excluding hydrogens is 248 g/mol. The van der Waals surface area contributed by atoms with Gasteiger partial charge in [0.2, 0.25) is 11.8 Å². The fourth-order valence-corrected chi connectivity index (χ4v) is 2.54. The third kappa shape index (κ3) is 4.88. The van der Waals surface area contributed by atoms with Crippen LogP contribution in [0.25, 0.3) is 0 Å². The number of carbonyl (C=O) groups is 2. The van der Waals surface area contributed by atoms with Gasteiger partial charge in [0.1, 0.15) is 6.04 Å². The molecule has 2 amide bonds. The lowest BCUT2D eigenvalue weighted by molar-refractivity contribution is -0.128. The zero-order chi connectivity index (χ0) is 13.8. The number of nitrogens with one attached hydrogen (secondary N) is 2. The number of amides is 2. The van der Waals surface area contributed by atoms with Crippen molar-refractivity contribution in [2.75, 3.05) is 5.75 Å². The van der Waals surface area contributed by atoms with E-state index in [1.807, 2.05) is 0 Å². The summed E-state index contributed by atoms with van der Waals surface area (Å²) in [5.74, 6) is 0.00256. The maximum absolute atomic E-state index is 12.0. The summed E-state index contributed by atoms with van der Waals surface area (Å²) in [6.45, 7) is 5.94. The third-order valence-corrected chi connectivity index (χ3v) is 3.93. The second-order valence-electron chi connectivity index (χ2n) is 5.88. The standard InChI is InChI=1S/C13H24N2O2S/c1-9(16)14-11(8-18)12(17)15-10-4-6-13(2,3)7-5-10/h10-11,18H,4-8H2,1-3H3,(H,14,16)(H,15,17). The minimum absolute atomic E-state index is 0.120. The molecule has 1 aliphatic carbocycles.